The SMILES string of the molecule is c1ccc(-c2cccc(-c3cccc(-c4c5ccccc5nc5c4ccc4cccnc45)n3)n2)nc1. The van der Waals surface area contributed by atoms with Gasteiger partial charge in [-0.3, -0.25) is 9.97 Å². The number of benzene rings is 2. The molecule has 168 valence electrons. The van der Waals surface area contributed by atoms with E-state index in [2.05, 4.69) is 40.3 Å². The van der Waals surface area contributed by atoms with Gasteiger partial charge < -0.3 is 0 Å². The Bertz CT molecular complexity index is 1900. The summed E-state index contributed by atoms with van der Waals surface area (Å²) < 4.78 is 0. The topological polar surface area (TPSA) is 64.5 Å². The van der Waals surface area contributed by atoms with Crippen LogP contribution in [0, 0.1) is 0 Å². The Kier molecular flexibility index (Phi) is 4.71. The maximum absolute atomic E-state index is 5.10. The van der Waals surface area contributed by atoms with Gasteiger partial charge in [0.05, 0.1) is 45.0 Å². The van der Waals surface area contributed by atoms with Crippen molar-refractivity contribution in [3.8, 4) is 34.0 Å². The van der Waals surface area contributed by atoms with E-state index in [1.807, 2.05) is 79.0 Å². The fourth-order valence-corrected chi connectivity index (χ4v) is 4.72. The number of aromatic nitrogens is 5. The van der Waals surface area contributed by atoms with Gasteiger partial charge in [0.25, 0.3) is 0 Å². The summed E-state index contributed by atoms with van der Waals surface area (Å²) in [5.41, 5.74) is 7.86. The summed E-state index contributed by atoms with van der Waals surface area (Å²) >= 11 is 0. The molecule has 7 aromatic rings. The van der Waals surface area contributed by atoms with Gasteiger partial charge in [-0.2, -0.15) is 0 Å². The average molecular weight is 462 g/mol. The lowest BCUT2D eigenvalue weighted by molar-refractivity contribution is 1.22. The van der Waals surface area contributed by atoms with E-state index >= 15 is 0 Å². The summed E-state index contributed by atoms with van der Waals surface area (Å²) in [5.74, 6) is 0. The van der Waals surface area contributed by atoms with Gasteiger partial charge in [-0.05, 0) is 48.5 Å². The van der Waals surface area contributed by atoms with Gasteiger partial charge in [-0.1, -0.05) is 54.6 Å². The molecule has 0 aliphatic rings. The van der Waals surface area contributed by atoms with Crippen molar-refractivity contribution < 1.29 is 0 Å². The van der Waals surface area contributed by atoms with E-state index in [0.29, 0.717) is 0 Å². The highest BCUT2D eigenvalue weighted by molar-refractivity contribution is 6.15. The average Bonchev–Trinajstić information content (AvgIpc) is 2.96. The van der Waals surface area contributed by atoms with Gasteiger partial charge in [0.2, 0.25) is 0 Å². The van der Waals surface area contributed by atoms with Crippen LogP contribution >= 0.6 is 0 Å². The summed E-state index contributed by atoms with van der Waals surface area (Å²) in [6.45, 7) is 0. The molecule has 0 aliphatic heterocycles. The molecular weight excluding hydrogens is 442 g/mol. The lowest BCUT2D eigenvalue weighted by Crippen LogP contribution is -1.95. The van der Waals surface area contributed by atoms with Crippen molar-refractivity contribution in [2.75, 3.05) is 0 Å². The van der Waals surface area contributed by atoms with Crippen molar-refractivity contribution in [1.82, 2.24) is 24.9 Å². The third-order valence-electron chi connectivity index (χ3n) is 6.37. The molecule has 5 heteroatoms. The van der Waals surface area contributed by atoms with Gasteiger partial charge in [0, 0.05) is 34.1 Å². The second kappa shape index (κ2) is 8.32. The van der Waals surface area contributed by atoms with Crippen LogP contribution in [0.3, 0.4) is 0 Å². The molecule has 0 bridgehead atoms. The third-order valence-corrected chi connectivity index (χ3v) is 6.37. The van der Waals surface area contributed by atoms with Crippen molar-refractivity contribution in [2.45, 2.75) is 0 Å². The highest BCUT2D eigenvalue weighted by Crippen LogP contribution is 2.36. The smallest absolute Gasteiger partial charge is 0.0979 e. The minimum atomic E-state index is 0.801. The van der Waals surface area contributed by atoms with Crippen molar-refractivity contribution in [1.29, 1.82) is 0 Å². The van der Waals surface area contributed by atoms with Gasteiger partial charge in [-0.15, -0.1) is 0 Å². The lowest BCUT2D eigenvalue weighted by Gasteiger charge is -2.13. The van der Waals surface area contributed by atoms with E-state index < -0.39 is 0 Å². The summed E-state index contributed by atoms with van der Waals surface area (Å²) in [7, 11) is 0. The first-order chi connectivity index (χ1) is 17.8. The van der Waals surface area contributed by atoms with Gasteiger partial charge in [0.15, 0.2) is 0 Å². The van der Waals surface area contributed by atoms with E-state index in [0.717, 1.165) is 66.7 Å². The van der Waals surface area contributed by atoms with Crippen molar-refractivity contribution >= 4 is 32.7 Å². The Morgan fingerprint density at radius 1 is 0.389 bits per heavy atom. The molecule has 36 heavy (non-hydrogen) atoms. The van der Waals surface area contributed by atoms with Crippen molar-refractivity contribution in [3.05, 3.63) is 116 Å². The van der Waals surface area contributed by atoms with Crippen LogP contribution in [0.25, 0.3) is 66.7 Å². The summed E-state index contributed by atoms with van der Waals surface area (Å²) in [6, 6.07) is 34.3. The zero-order valence-electron chi connectivity index (χ0n) is 19.2. The van der Waals surface area contributed by atoms with Gasteiger partial charge >= 0.3 is 0 Å². The number of pyridine rings is 5. The fraction of sp³-hybridized carbons (Fsp3) is 0. The van der Waals surface area contributed by atoms with E-state index in [1.54, 1.807) is 6.20 Å². The van der Waals surface area contributed by atoms with Crippen LogP contribution in [0.4, 0.5) is 0 Å². The highest BCUT2D eigenvalue weighted by Gasteiger charge is 2.16. The number of fused-ring (bicyclic) bond motifs is 4. The molecule has 0 atom stereocenters. The standard InChI is InChI=1S/C31H19N5/c1-2-10-23-21(9-1)29(22-17-16-20-8-7-19-33-30(20)31(22)36-23)28-15-6-14-27(35-28)26-13-5-12-25(34-26)24-11-3-4-18-32-24/h1-19H. The molecule has 0 aliphatic carbocycles. The molecule has 0 spiro atoms. The first-order valence-corrected chi connectivity index (χ1v) is 11.8. The molecule has 0 saturated heterocycles. The molecular formula is C31H19N5. The molecule has 5 aromatic heterocycles. The van der Waals surface area contributed by atoms with E-state index in [9.17, 15) is 0 Å². The van der Waals surface area contributed by atoms with Gasteiger partial charge in [0.1, 0.15) is 0 Å². The number of rotatable bonds is 3. The van der Waals surface area contributed by atoms with Gasteiger partial charge in [-0.25, -0.2) is 15.0 Å². The quantitative estimate of drug-likeness (QED) is 0.207. The van der Waals surface area contributed by atoms with Crippen LogP contribution in [0.5, 0.6) is 0 Å². The zero-order valence-corrected chi connectivity index (χ0v) is 19.2. The Balaban J connectivity index is 1.46. The van der Waals surface area contributed by atoms with Crippen molar-refractivity contribution in [3.63, 3.8) is 0 Å². The number of hydrogen-bond donors (Lipinski definition) is 0. The predicted molar refractivity (Wildman–Crippen MR) is 144 cm³/mol. The highest BCUT2D eigenvalue weighted by atomic mass is 14.8. The number of hydrogen-bond acceptors (Lipinski definition) is 5. The molecule has 0 radical (unpaired) electrons. The summed E-state index contributed by atoms with van der Waals surface area (Å²) in [5, 5.41) is 3.15. The molecule has 5 heterocycles. The molecule has 7 rings (SSSR count). The first-order valence-electron chi connectivity index (χ1n) is 11.8. The summed E-state index contributed by atoms with van der Waals surface area (Å²) in [6.07, 6.45) is 3.60. The second-order valence-electron chi connectivity index (χ2n) is 8.57. The Morgan fingerprint density at radius 2 is 1.08 bits per heavy atom. The van der Waals surface area contributed by atoms with Crippen molar-refractivity contribution in [2.24, 2.45) is 0 Å². The zero-order chi connectivity index (χ0) is 23.9. The largest absolute Gasteiger partial charge is 0.255 e. The van der Waals surface area contributed by atoms with Crippen LogP contribution in [-0.2, 0) is 0 Å². The molecule has 0 unspecified atom stereocenters. The first kappa shape index (κ1) is 20.4. The molecule has 2 aromatic carbocycles. The predicted octanol–water partition coefficient (Wildman–Crippen LogP) is 7.12. The van der Waals surface area contributed by atoms with Crippen LogP contribution in [0.15, 0.2) is 116 Å². The monoisotopic (exact) mass is 461 g/mol. The Labute approximate surface area is 207 Å². The minimum absolute atomic E-state index is 0.801. The maximum Gasteiger partial charge on any atom is 0.0979 e. The maximum atomic E-state index is 5.10. The minimum Gasteiger partial charge on any atom is -0.255 e. The number of para-hydroxylation sites is 1. The lowest BCUT2D eigenvalue weighted by atomic mass is 9.98. The van der Waals surface area contributed by atoms with E-state index in [4.69, 9.17) is 15.0 Å². The van der Waals surface area contributed by atoms with E-state index in [1.165, 1.54) is 0 Å². The molecule has 0 saturated carbocycles. The second-order valence-corrected chi connectivity index (χ2v) is 8.57. The van der Waals surface area contributed by atoms with Crippen LogP contribution < -0.4 is 0 Å². The van der Waals surface area contributed by atoms with Crippen LogP contribution in [-0.4, -0.2) is 24.9 Å². The molecule has 5 nitrogen and oxygen atoms in total. The van der Waals surface area contributed by atoms with E-state index in [-0.39, 0.29) is 0 Å². The summed E-state index contributed by atoms with van der Waals surface area (Å²) in [4.78, 5) is 24.1. The Hall–Kier alpha value is -5.03. The Morgan fingerprint density at radius 3 is 1.92 bits per heavy atom. The normalized spacial score (nSPS) is 11.3. The molecule has 0 N–H and O–H groups in total. The third kappa shape index (κ3) is 3.37. The molecule has 0 fully saturated rings. The van der Waals surface area contributed by atoms with Crippen LogP contribution in [0.2, 0.25) is 0 Å². The molecule has 0 amide bonds. The number of nitrogens with zero attached hydrogens (tertiary/aromatic N) is 5. The fourth-order valence-electron chi connectivity index (χ4n) is 4.72. The van der Waals surface area contributed by atoms with Crippen LogP contribution in [0.1, 0.15) is 0 Å².